The van der Waals surface area contributed by atoms with E-state index in [0.29, 0.717) is 6.61 Å². The van der Waals surface area contributed by atoms with Gasteiger partial charge in [-0.2, -0.15) is 0 Å². The summed E-state index contributed by atoms with van der Waals surface area (Å²) in [6.45, 7) is 15.2. The van der Waals surface area contributed by atoms with Gasteiger partial charge >= 0.3 is 6.09 Å². The lowest BCUT2D eigenvalue weighted by molar-refractivity contribution is 0.168. The van der Waals surface area contributed by atoms with Crippen LogP contribution in [0.1, 0.15) is 59.6 Å². The van der Waals surface area contributed by atoms with Gasteiger partial charge in [-0.3, -0.25) is 5.32 Å². The second kappa shape index (κ2) is 5.86. The second-order valence-corrected chi connectivity index (χ2v) is 7.11. The van der Waals surface area contributed by atoms with Crippen LogP contribution in [0.3, 0.4) is 0 Å². The number of ether oxygens (including phenoxy) is 1. The van der Waals surface area contributed by atoms with Gasteiger partial charge in [0, 0.05) is 5.69 Å². The summed E-state index contributed by atoms with van der Waals surface area (Å²) in [6, 6.07) is 6.22. The molecule has 0 bridgehead atoms. The van der Waals surface area contributed by atoms with Gasteiger partial charge in [-0.1, -0.05) is 53.7 Å². The Morgan fingerprint density at radius 1 is 1.10 bits per heavy atom. The van der Waals surface area contributed by atoms with Crippen LogP contribution in [-0.2, 0) is 15.6 Å². The van der Waals surface area contributed by atoms with Gasteiger partial charge in [0.25, 0.3) is 0 Å². The summed E-state index contributed by atoms with van der Waals surface area (Å²) in [5, 5.41) is 2.84. The van der Waals surface area contributed by atoms with Gasteiger partial charge in [0.2, 0.25) is 0 Å². The number of anilines is 1. The van der Waals surface area contributed by atoms with E-state index in [9.17, 15) is 4.79 Å². The molecule has 0 saturated heterocycles. The van der Waals surface area contributed by atoms with Crippen molar-refractivity contribution < 1.29 is 9.53 Å². The fourth-order valence-corrected chi connectivity index (χ4v) is 2.02. The van der Waals surface area contributed by atoms with Crippen molar-refractivity contribution in [1.29, 1.82) is 0 Å². The lowest BCUT2D eigenvalue weighted by atomic mass is 9.80. The van der Waals surface area contributed by atoms with E-state index in [-0.39, 0.29) is 10.8 Å². The molecule has 1 amide bonds. The lowest BCUT2D eigenvalue weighted by Gasteiger charge is -2.27. The van der Waals surface area contributed by atoms with Gasteiger partial charge in [0.1, 0.15) is 0 Å². The summed E-state index contributed by atoms with van der Waals surface area (Å²) in [5.74, 6) is 0. The van der Waals surface area contributed by atoms with Crippen molar-refractivity contribution in [1.82, 2.24) is 0 Å². The van der Waals surface area contributed by atoms with E-state index < -0.39 is 6.09 Å². The highest BCUT2D eigenvalue weighted by atomic mass is 16.5. The zero-order valence-corrected chi connectivity index (χ0v) is 13.8. The van der Waals surface area contributed by atoms with Crippen LogP contribution in [0.5, 0.6) is 0 Å². The molecule has 20 heavy (non-hydrogen) atoms. The van der Waals surface area contributed by atoms with Gasteiger partial charge < -0.3 is 4.74 Å². The average Bonchev–Trinajstić information content (AvgIpc) is 2.26. The van der Waals surface area contributed by atoms with Gasteiger partial charge in [-0.05, 0) is 34.9 Å². The Hall–Kier alpha value is -1.51. The van der Waals surface area contributed by atoms with Crippen molar-refractivity contribution in [3.05, 3.63) is 29.3 Å². The van der Waals surface area contributed by atoms with Gasteiger partial charge in [0.05, 0.1) is 6.61 Å². The molecule has 1 N–H and O–H groups in total. The minimum atomic E-state index is -0.401. The first-order chi connectivity index (χ1) is 9.05. The second-order valence-electron chi connectivity index (χ2n) is 7.11. The number of carbonyl (C=O) groups excluding carboxylic acids is 1. The molecule has 0 aromatic heterocycles. The molecule has 0 atom stereocenters. The first-order valence-electron chi connectivity index (χ1n) is 7.14. The van der Waals surface area contributed by atoms with Crippen molar-refractivity contribution in [2.75, 3.05) is 11.9 Å². The van der Waals surface area contributed by atoms with Crippen LogP contribution in [-0.4, -0.2) is 12.7 Å². The molecule has 0 aliphatic carbocycles. The Bertz CT molecular complexity index is 479. The van der Waals surface area contributed by atoms with E-state index in [0.717, 1.165) is 11.3 Å². The Morgan fingerprint density at radius 3 is 2.15 bits per heavy atom. The van der Waals surface area contributed by atoms with Crippen molar-refractivity contribution in [2.24, 2.45) is 0 Å². The summed E-state index contributed by atoms with van der Waals surface area (Å²) < 4.78 is 4.96. The topological polar surface area (TPSA) is 38.3 Å². The van der Waals surface area contributed by atoms with Crippen LogP contribution in [0.2, 0.25) is 0 Å². The molecule has 1 aromatic rings. The number of benzene rings is 1. The molecule has 1 rings (SSSR count). The Labute approximate surface area is 122 Å². The van der Waals surface area contributed by atoms with E-state index in [4.69, 9.17) is 4.74 Å². The Morgan fingerprint density at radius 2 is 1.70 bits per heavy atom. The highest BCUT2D eigenvalue weighted by Crippen LogP contribution is 2.34. The number of carbonyl (C=O) groups is 1. The molecule has 0 aliphatic heterocycles. The summed E-state index contributed by atoms with van der Waals surface area (Å²) in [6.07, 6.45) is -0.401. The summed E-state index contributed by atoms with van der Waals surface area (Å²) in [5.41, 5.74) is 3.25. The molecular formula is C17H27NO2. The monoisotopic (exact) mass is 277 g/mol. The molecule has 112 valence electrons. The minimum Gasteiger partial charge on any atom is -0.450 e. The van der Waals surface area contributed by atoms with Gasteiger partial charge in [-0.15, -0.1) is 0 Å². The average molecular weight is 277 g/mol. The van der Waals surface area contributed by atoms with Crippen molar-refractivity contribution in [3.8, 4) is 0 Å². The smallest absolute Gasteiger partial charge is 0.411 e. The number of nitrogens with one attached hydrogen (secondary N) is 1. The molecule has 0 heterocycles. The van der Waals surface area contributed by atoms with E-state index >= 15 is 0 Å². The maximum absolute atomic E-state index is 11.6. The molecule has 0 saturated carbocycles. The normalized spacial score (nSPS) is 12.2. The first kappa shape index (κ1) is 16.5. The SMILES string of the molecule is CCOC(=O)Nc1ccc(C(C)(C)C)cc1C(C)(C)C. The van der Waals surface area contributed by atoms with E-state index in [2.05, 4.69) is 59.0 Å². The minimum absolute atomic E-state index is 0.0455. The van der Waals surface area contributed by atoms with Crippen LogP contribution < -0.4 is 5.32 Å². The zero-order chi connectivity index (χ0) is 15.6. The molecule has 3 nitrogen and oxygen atoms in total. The summed E-state index contributed by atoms with van der Waals surface area (Å²) in [4.78, 5) is 11.6. The maximum atomic E-state index is 11.6. The van der Waals surface area contributed by atoms with Crippen molar-refractivity contribution >= 4 is 11.8 Å². The molecule has 0 radical (unpaired) electrons. The molecular weight excluding hydrogens is 250 g/mol. The largest absolute Gasteiger partial charge is 0.450 e. The third kappa shape index (κ3) is 4.26. The van der Waals surface area contributed by atoms with E-state index in [1.807, 2.05) is 6.07 Å². The zero-order valence-electron chi connectivity index (χ0n) is 13.8. The quantitative estimate of drug-likeness (QED) is 0.839. The lowest BCUT2D eigenvalue weighted by Crippen LogP contribution is -2.21. The molecule has 3 heteroatoms. The van der Waals surface area contributed by atoms with Crippen LogP contribution in [0, 0.1) is 0 Å². The number of rotatable bonds is 2. The molecule has 0 unspecified atom stereocenters. The Kier molecular flexibility index (Phi) is 4.85. The standard InChI is InChI=1S/C17H27NO2/c1-8-20-15(19)18-14-10-9-12(16(2,3)4)11-13(14)17(5,6)7/h9-11H,8H2,1-7H3,(H,18,19). The van der Waals surface area contributed by atoms with E-state index in [1.54, 1.807) is 6.92 Å². The number of amides is 1. The predicted molar refractivity (Wildman–Crippen MR) is 84.5 cm³/mol. The third-order valence-electron chi connectivity index (χ3n) is 3.21. The molecule has 0 fully saturated rings. The number of hydrogen-bond acceptors (Lipinski definition) is 2. The maximum Gasteiger partial charge on any atom is 0.411 e. The summed E-state index contributed by atoms with van der Waals surface area (Å²) >= 11 is 0. The van der Waals surface area contributed by atoms with E-state index in [1.165, 1.54) is 5.56 Å². The van der Waals surface area contributed by atoms with Crippen LogP contribution in [0.25, 0.3) is 0 Å². The van der Waals surface area contributed by atoms with Crippen molar-refractivity contribution in [2.45, 2.75) is 59.3 Å². The van der Waals surface area contributed by atoms with Crippen LogP contribution in [0.15, 0.2) is 18.2 Å². The van der Waals surface area contributed by atoms with Crippen molar-refractivity contribution in [3.63, 3.8) is 0 Å². The number of hydrogen-bond donors (Lipinski definition) is 1. The molecule has 1 aromatic carbocycles. The van der Waals surface area contributed by atoms with Gasteiger partial charge in [-0.25, -0.2) is 4.79 Å². The van der Waals surface area contributed by atoms with Crippen LogP contribution >= 0.6 is 0 Å². The third-order valence-corrected chi connectivity index (χ3v) is 3.21. The van der Waals surface area contributed by atoms with Crippen LogP contribution in [0.4, 0.5) is 10.5 Å². The fraction of sp³-hybridized carbons (Fsp3) is 0.588. The molecule has 0 aliphatic rings. The highest BCUT2D eigenvalue weighted by Gasteiger charge is 2.23. The predicted octanol–water partition coefficient (Wildman–Crippen LogP) is 4.85. The van der Waals surface area contributed by atoms with Gasteiger partial charge in [0.15, 0.2) is 0 Å². The Balaban J connectivity index is 3.21. The highest BCUT2D eigenvalue weighted by molar-refractivity contribution is 5.86. The first-order valence-corrected chi connectivity index (χ1v) is 7.14. The summed E-state index contributed by atoms with van der Waals surface area (Å²) in [7, 11) is 0. The fourth-order valence-electron chi connectivity index (χ4n) is 2.02. The molecule has 0 spiro atoms.